The second-order valence-corrected chi connectivity index (χ2v) is 7.69. The number of allylic oxidation sites excluding steroid dienone is 1. The standard InChI is InChI=1S/C25H25N3O4/c1-16-5-8-21(13-17(16)2)31-12-4-11-30-20-9-6-19(7-10-20)15-22-24(26)28-23(27-25(22)29)14-18(3)32-28/h5-10,13-15,26H,4,11-12H2,1-3H3/b22-15-,26-24?. The summed E-state index contributed by atoms with van der Waals surface area (Å²) in [6, 6.07) is 13.4. The van der Waals surface area contributed by atoms with Gasteiger partial charge in [-0.05, 0) is 67.8 Å². The van der Waals surface area contributed by atoms with E-state index in [9.17, 15) is 4.79 Å². The molecule has 0 saturated carbocycles. The highest BCUT2D eigenvalue weighted by Crippen LogP contribution is 2.24. The number of fused-ring (bicyclic) bond motifs is 1. The Balaban J connectivity index is 1.28. The van der Waals surface area contributed by atoms with Crippen LogP contribution in [0.2, 0.25) is 0 Å². The number of hydroxylamine groups is 2. The maximum atomic E-state index is 12.3. The lowest BCUT2D eigenvalue weighted by molar-refractivity contribution is -0.114. The quantitative estimate of drug-likeness (QED) is 0.512. The van der Waals surface area contributed by atoms with Crippen molar-refractivity contribution < 1.29 is 19.1 Å². The van der Waals surface area contributed by atoms with Gasteiger partial charge in [-0.25, -0.2) is 0 Å². The highest BCUT2D eigenvalue weighted by Gasteiger charge is 2.34. The van der Waals surface area contributed by atoms with Crippen LogP contribution in [-0.4, -0.2) is 35.9 Å². The molecule has 0 aliphatic carbocycles. The molecular weight excluding hydrogens is 406 g/mol. The van der Waals surface area contributed by atoms with Gasteiger partial charge >= 0.3 is 0 Å². The minimum absolute atomic E-state index is 0.0304. The molecule has 0 bridgehead atoms. The fraction of sp³-hybridized carbons (Fsp3) is 0.240. The molecule has 2 heterocycles. The number of benzene rings is 2. The number of aliphatic imine (C=N–C) groups is 1. The highest BCUT2D eigenvalue weighted by molar-refractivity contribution is 6.32. The van der Waals surface area contributed by atoms with Crippen molar-refractivity contribution >= 4 is 23.7 Å². The molecule has 0 fully saturated rings. The van der Waals surface area contributed by atoms with Crippen LogP contribution in [0.25, 0.3) is 6.08 Å². The first-order chi connectivity index (χ1) is 15.4. The number of amidine groups is 2. The molecule has 7 heteroatoms. The number of carbonyl (C=O) groups is 1. The van der Waals surface area contributed by atoms with Crippen molar-refractivity contribution in [3.63, 3.8) is 0 Å². The van der Waals surface area contributed by atoms with Gasteiger partial charge in [-0.3, -0.25) is 10.2 Å². The Labute approximate surface area is 187 Å². The van der Waals surface area contributed by atoms with Crippen LogP contribution in [0.4, 0.5) is 0 Å². The summed E-state index contributed by atoms with van der Waals surface area (Å²) >= 11 is 0. The predicted molar refractivity (Wildman–Crippen MR) is 123 cm³/mol. The van der Waals surface area contributed by atoms with Gasteiger partial charge in [0, 0.05) is 12.5 Å². The molecule has 2 aromatic rings. The van der Waals surface area contributed by atoms with Crippen molar-refractivity contribution in [1.29, 1.82) is 5.41 Å². The number of hydrogen-bond acceptors (Lipinski definition) is 5. The lowest BCUT2D eigenvalue weighted by atomic mass is 10.1. The van der Waals surface area contributed by atoms with E-state index in [0.717, 1.165) is 23.5 Å². The van der Waals surface area contributed by atoms with Crippen LogP contribution in [-0.2, 0) is 9.63 Å². The summed E-state index contributed by atoms with van der Waals surface area (Å²) in [6.07, 6.45) is 4.01. The fourth-order valence-electron chi connectivity index (χ4n) is 3.27. The first-order valence-electron chi connectivity index (χ1n) is 10.4. The maximum Gasteiger partial charge on any atom is 0.282 e. The third-order valence-electron chi connectivity index (χ3n) is 5.18. The lowest BCUT2D eigenvalue weighted by Crippen LogP contribution is -2.38. The van der Waals surface area contributed by atoms with Crippen LogP contribution in [0.5, 0.6) is 11.5 Å². The molecule has 164 valence electrons. The average molecular weight is 431 g/mol. The topological polar surface area (TPSA) is 84.2 Å². The molecule has 0 radical (unpaired) electrons. The largest absolute Gasteiger partial charge is 0.493 e. The molecule has 0 unspecified atom stereocenters. The summed E-state index contributed by atoms with van der Waals surface area (Å²) in [5.74, 6) is 2.03. The van der Waals surface area contributed by atoms with Crippen molar-refractivity contribution in [1.82, 2.24) is 5.06 Å². The van der Waals surface area contributed by atoms with Crippen molar-refractivity contribution in [2.45, 2.75) is 27.2 Å². The SMILES string of the molecule is CC1=CC2=NC(=O)/C(=C\c3ccc(OCCCOc4ccc(C)c(C)c4)cc3)C(=N)N2O1. The van der Waals surface area contributed by atoms with Crippen molar-refractivity contribution in [3.05, 3.63) is 76.6 Å². The van der Waals surface area contributed by atoms with Gasteiger partial charge in [-0.2, -0.15) is 4.99 Å². The molecule has 0 spiro atoms. The number of rotatable bonds is 7. The zero-order chi connectivity index (χ0) is 22.7. The van der Waals surface area contributed by atoms with E-state index in [-0.39, 0.29) is 11.4 Å². The summed E-state index contributed by atoms with van der Waals surface area (Å²) in [4.78, 5) is 21.7. The molecule has 2 aromatic carbocycles. The Kier molecular flexibility index (Phi) is 6.07. The number of amides is 1. The second kappa shape index (κ2) is 9.09. The van der Waals surface area contributed by atoms with Gasteiger partial charge < -0.3 is 14.3 Å². The third kappa shape index (κ3) is 4.72. The average Bonchev–Trinajstić information content (AvgIpc) is 3.14. The zero-order valence-electron chi connectivity index (χ0n) is 18.3. The van der Waals surface area contributed by atoms with E-state index in [0.29, 0.717) is 24.8 Å². The first-order valence-corrected chi connectivity index (χ1v) is 10.4. The summed E-state index contributed by atoms with van der Waals surface area (Å²) < 4.78 is 11.5. The summed E-state index contributed by atoms with van der Waals surface area (Å²) in [5.41, 5.74) is 3.41. The lowest BCUT2D eigenvalue weighted by Gasteiger charge is -2.22. The Hall–Kier alpha value is -3.87. The minimum atomic E-state index is -0.458. The molecular formula is C25H25N3O4. The van der Waals surface area contributed by atoms with Gasteiger partial charge in [0.05, 0.1) is 18.8 Å². The molecule has 32 heavy (non-hydrogen) atoms. The summed E-state index contributed by atoms with van der Waals surface area (Å²) in [7, 11) is 0. The molecule has 2 aliphatic rings. The van der Waals surface area contributed by atoms with E-state index in [1.807, 2.05) is 36.4 Å². The van der Waals surface area contributed by atoms with E-state index in [2.05, 4.69) is 24.9 Å². The number of ether oxygens (including phenoxy) is 2. The molecule has 0 saturated heterocycles. The van der Waals surface area contributed by atoms with Crippen LogP contribution in [0, 0.1) is 19.3 Å². The Morgan fingerprint density at radius 1 is 1.00 bits per heavy atom. The van der Waals surface area contributed by atoms with Crippen LogP contribution in [0.3, 0.4) is 0 Å². The number of nitrogens with zero attached hydrogens (tertiary/aromatic N) is 2. The molecule has 1 N–H and O–H groups in total. The molecule has 1 amide bonds. The molecule has 4 rings (SSSR count). The monoisotopic (exact) mass is 431 g/mol. The molecule has 0 atom stereocenters. The predicted octanol–water partition coefficient (Wildman–Crippen LogP) is 4.60. The maximum absolute atomic E-state index is 12.3. The Morgan fingerprint density at radius 2 is 1.69 bits per heavy atom. The van der Waals surface area contributed by atoms with E-state index >= 15 is 0 Å². The molecule has 2 aliphatic heterocycles. The number of hydrogen-bond donors (Lipinski definition) is 1. The van der Waals surface area contributed by atoms with Gasteiger partial charge in [0.25, 0.3) is 5.91 Å². The summed E-state index contributed by atoms with van der Waals surface area (Å²) in [6.45, 7) is 7.00. The van der Waals surface area contributed by atoms with E-state index in [4.69, 9.17) is 19.7 Å². The van der Waals surface area contributed by atoms with Crippen LogP contribution >= 0.6 is 0 Å². The van der Waals surface area contributed by atoms with Gasteiger partial charge in [0.2, 0.25) is 0 Å². The number of carbonyl (C=O) groups excluding carboxylic acids is 1. The van der Waals surface area contributed by atoms with Gasteiger partial charge in [-0.15, -0.1) is 5.06 Å². The second-order valence-electron chi connectivity index (χ2n) is 7.69. The van der Waals surface area contributed by atoms with E-state index in [1.165, 1.54) is 16.2 Å². The van der Waals surface area contributed by atoms with E-state index < -0.39 is 5.91 Å². The fourth-order valence-corrected chi connectivity index (χ4v) is 3.27. The number of nitrogens with one attached hydrogen (secondary N) is 1. The van der Waals surface area contributed by atoms with Gasteiger partial charge in [0.15, 0.2) is 11.7 Å². The first kappa shape index (κ1) is 21.4. The van der Waals surface area contributed by atoms with Gasteiger partial charge in [0.1, 0.15) is 17.3 Å². The zero-order valence-corrected chi connectivity index (χ0v) is 18.3. The van der Waals surface area contributed by atoms with Crippen molar-refractivity contribution in [2.75, 3.05) is 13.2 Å². The van der Waals surface area contributed by atoms with Crippen LogP contribution in [0.15, 0.2) is 64.9 Å². The number of aryl methyl sites for hydroxylation is 2. The van der Waals surface area contributed by atoms with Gasteiger partial charge in [-0.1, -0.05) is 18.2 Å². The van der Waals surface area contributed by atoms with Crippen molar-refractivity contribution in [2.24, 2.45) is 4.99 Å². The Morgan fingerprint density at radius 3 is 2.41 bits per heavy atom. The van der Waals surface area contributed by atoms with Crippen LogP contribution < -0.4 is 9.47 Å². The van der Waals surface area contributed by atoms with E-state index in [1.54, 1.807) is 19.1 Å². The molecule has 0 aromatic heterocycles. The molecule has 7 nitrogen and oxygen atoms in total. The van der Waals surface area contributed by atoms with Crippen molar-refractivity contribution in [3.8, 4) is 11.5 Å². The normalized spacial score (nSPS) is 16.5. The van der Waals surface area contributed by atoms with Crippen LogP contribution in [0.1, 0.15) is 30.0 Å². The third-order valence-corrected chi connectivity index (χ3v) is 5.18. The highest BCUT2D eigenvalue weighted by atomic mass is 16.7. The Bertz CT molecular complexity index is 1150. The smallest absolute Gasteiger partial charge is 0.282 e. The minimum Gasteiger partial charge on any atom is -0.493 e. The summed E-state index contributed by atoms with van der Waals surface area (Å²) in [5, 5.41) is 9.51.